The molecule has 2 amide bonds. The van der Waals surface area contributed by atoms with E-state index in [1.54, 1.807) is 11.9 Å². The van der Waals surface area contributed by atoms with Crippen LogP contribution in [0.15, 0.2) is 24.3 Å². The highest BCUT2D eigenvalue weighted by atomic mass is 35.5. The quantitative estimate of drug-likeness (QED) is 0.651. The summed E-state index contributed by atoms with van der Waals surface area (Å²) in [6.45, 7) is 4.73. The van der Waals surface area contributed by atoms with Crippen molar-refractivity contribution in [1.29, 1.82) is 0 Å². The van der Waals surface area contributed by atoms with Crippen LogP contribution >= 0.6 is 11.6 Å². The van der Waals surface area contributed by atoms with Gasteiger partial charge < -0.3 is 10.2 Å². The molecule has 0 aromatic heterocycles. The molecule has 134 valence electrons. The van der Waals surface area contributed by atoms with E-state index in [4.69, 9.17) is 11.6 Å². The number of hydrogen-bond donors (Lipinski definition) is 1. The summed E-state index contributed by atoms with van der Waals surface area (Å²) in [7, 11) is 1.61. The van der Waals surface area contributed by atoms with Gasteiger partial charge in [-0.2, -0.15) is 0 Å². The molecule has 0 aliphatic carbocycles. The molecule has 1 aromatic rings. The second-order valence-electron chi connectivity index (χ2n) is 6.00. The van der Waals surface area contributed by atoms with Crippen molar-refractivity contribution in [2.75, 3.05) is 13.6 Å². The number of unbranched alkanes of at least 4 members (excludes halogenated alkanes) is 2. The number of benzene rings is 1. The summed E-state index contributed by atoms with van der Waals surface area (Å²) >= 11 is 5.93. The second-order valence-corrected chi connectivity index (χ2v) is 6.44. The highest BCUT2D eigenvalue weighted by Crippen LogP contribution is 2.16. The Morgan fingerprint density at radius 3 is 2.33 bits per heavy atom. The van der Waals surface area contributed by atoms with Gasteiger partial charge in [0.25, 0.3) is 0 Å². The molecule has 4 nitrogen and oxygen atoms in total. The molecule has 0 unspecified atom stereocenters. The normalized spacial score (nSPS) is 11.8. The summed E-state index contributed by atoms with van der Waals surface area (Å²) in [5.41, 5.74) is 0.996. The van der Waals surface area contributed by atoms with Gasteiger partial charge in [-0.3, -0.25) is 9.59 Å². The number of rotatable bonds is 10. The average molecular weight is 353 g/mol. The summed E-state index contributed by atoms with van der Waals surface area (Å²) in [4.78, 5) is 26.8. The maximum Gasteiger partial charge on any atom is 0.242 e. The van der Waals surface area contributed by atoms with Crippen LogP contribution in [0, 0.1) is 0 Å². The first kappa shape index (κ1) is 20.5. The number of halogens is 1. The Labute approximate surface area is 150 Å². The molecular formula is C19H29ClN2O2. The summed E-state index contributed by atoms with van der Waals surface area (Å²) < 4.78 is 0. The zero-order valence-electron chi connectivity index (χ0n) is 15.0. The fourth-order valence-corrected chi connectivity index (χ4v) is 2.85. The molecule has 1 N–H and O–H groups in total. The molecule has 0 heterocycles. The largest absolute Gasteiger partial charge is 0.357 e. The van der Waals surface area contributed by atoms with E-state index in [-0.39, 0.29) is 11.8 Å². The van der Waals surface area contributed by atoms with Crippen LogP contribution in [0.25, 0.3) is 0 Å². The summed E-state index contributed by atoms with van der Waals surface area (Å²) in [6.07, 6.45) is 4.81. The van der Waals surface area contributed by atoms with Gasteiger partial charge in [0.05, 0.1) is 0 Å². The van der Waals surface area contributed by atoms with Crippen LogP contribution in [0.1, 0.15) is 51.5 Å². The Morgan fingerprint density at radius 1 is 1.12 bits per heavy atom. The third-order valence-electron chi connectivity index (χ3n) is 4.05. The maximum atomic E-state index is 12.6. The first-order chi connectivity index (χ1) is 11.5. The molecule has 5 heteroatoms. The number of likely N-dealkylation sites (N-methyl/N-ethyl adjacent to an activating group) is 1. The molecule has 1 aromatic carbocycles. The minimum Gasteiger partial charge on any atom is -0.357 e. The fourth-order valence-electron chi connectivity index (χ4n) is 2.72. The summed E-state index contributed by atoms with van der Waals surface area (Å²) in [5, 5.41) is 3.36. The lowest BCUT2D eigenvalue weighted by molar-refractivity contribution is -0.140. The van der Waals surface area contributed by atoms with Gasteiger partial charge in [-0.1, -0.05) is 50.4 Å². The van der Waals surface area contributed by atoms with Crippen molar-refractivity contribution in [3.8, 4) is 0 Å². The van der Waals surface area contributed by atoms with Crippen LogP contribution in [0.4, 0.5) is 0 Å². The zero-order valence-corrected chi connectivity index (χ0v) is 15.7. The van der Waals surface area contributed by atoms with Crippen LogP contribution < -0.4 is 5.32 Å². The summed E-state index contributed by atoms with van der Waals surface area (Å²) in [5.74, 6) is -0.0601. The molecule has 0 aliphatic heterocycles. The van der Waals surface area contributed by atoms with Gasteiger partial charge in [0, 0.05) is 31.5 Å². The zero-order chi connectivity index (χ0) is 17.9. The number of carbonyl (C=O) groups excluding carboxylic acids is 2. The number of nitrogens with one attached hydrogen (secondary N) is 1. The van der Waals surface area contributed by atoms with Crippen molar-refractivity contribution in [1.82, 2.24) is 10.2 Å². The van der Waals surface area contributed by atoms with Gasteiger partial charge in [-0.25, -0.2) is 0 Å². The minimum absolute atomic E-state index is 0.0628. The predicted octanol–water partition coefficient (Wildman–Crippen LogP) is 3.82. The molecule has 1 atom stereocenters. The maximum absolute atomic E-state index is 12.6. The SMILES string of the molecule is CCCCCC(=O)N(CCC)[C@@H](Cc1ccc(Cl)cc1)C(=O)NC. The highest BCUT2D eigenvalue weighted by molar-refractivity contribution is 6.30. The third-order valence-corrected chi connectivity index (χ3v) is 4.30. The predicted molar refractivity (Wildman–Crippen MR) is 99.2 cm³/mol. The van der Waals surface area contributed by atoms with Crippen molar-refractivity contribution in [2.24, 2.45) is 0 Å². The lowest BCUT2D eigenvalue weighted by atomic mass is 10.0. The molecule has 0 spiro atoms. The van der Waals surface area contributed by atoms with E-state index in [0.717, 1.165) is 31.2 Å². The van der Waals surface area contributed by atoms with Crippen molar-refractivity contribution in [3.63, 3.8) is 0 Å². The van der Waals surface area contributed by atoms with E-state index in [0.29, 0.717) is 24.4 Å². The molecule has 1 rings (SSSR count). The van der Waals surface area contributed by atoms with Crippen LogP contribution in [0.2, 0.25) is 5.02 Å². The lowest BCUT2D eigenvalue weighted by Crippen LogP contribution is -2.50. The smallest absolute Gasteiger partial charge is 0.242 e. The molecule has 0 radical (unpaired) electrons. The highest BCUT2D eigenvalue weighted by Gasteiger charge is 2.28. The van der Waals surface area contributed by atoms with Crippen LogP contribution in [-0.2, 0) is 16.0 Å². The van der Waals surface area contributed by atoms with Gasteiger partial charge in [0.15, 0.2) is 0 Å². The number of amides is 2. The lowest BCUT2D eigenvalue weighted by Gasteiger charge is -2.31. The van der Waals surface area contributed by atoms with Crippen LogP contribution in [-0.4, -0.2) is 36.3 Å². The van der Waals surface area contributed by atoms with E-state index in [1.165, 1.54) is 0 Å². The minimum atomic E-state index is -0.481. The van der Waals surface area contributed by atoms with Crippen molar-refractivity contribution >= 4 is 23.4 Å². The van der Waals surface area contributed by atoms with Gasteiger partial charge in [0.1, 0.15) is 6.04 Å². The van der Waals surface area contributed by atoms with Crippen LogP contribution in [0.5, 0.6) is 0 Å². The molecule has 0 saturated heterocycles. The van der Waals surface area contributed by atoms with Crippen molar-refractivity contribution in [2.45, 2.75) is 58.4 Å². The Bertz CT molecular complexity index is 517. The van der Waals surface area contributed by atoms with E-state index in [2.05, 4.69) is 12.2 Å². The molecular weight excluding hydrogens is 324 g/mol. The first-order valence-corrected chi connectivity index (χ1v) is 9.16. The fraction of sp³-hybridized carbons (Fsp3) is 0.579. The Kier molecular flexibility index (Phi) is 9.46. The first-order valence-electron chi connectivity index (χ1n) is 8.78. The molecule has 24 heavy (non-hydrogen) atoms. The van der Waals surface area contributed by atoms with Gasteiger partial charge >= 0.3 is 0 Å². The number of carbonyl (C=O) groups is 2. The molecule has 0 aliphatic rings. The Hall–Kier alpha value is -1.55. The van der Waals surface area contributed by atoms with Crippen molar-refractivity contribution in [3.05, 3.63) is 34.9 Å². The van der Waals surface area contributed by atoms with Gasteiger partial charge in [0.2, 0.25) is 11.8 Å². The number of hydrogen-bond acceptors (Lipinski definition) is 2. The standard InChI is InChI=1S/C19H29ClN2O2/c1-4-6-7-8-18(23)22(13-5-2)17(19(24)21-3)14-15-9-11-16(20)12-10-15/h9-12,17H,4-8,13-14H2,1-3H3,(H,21,24)/t17-/m0/s1. The van der Waals surface area contributed by atoms with E-state index < -0.39 is 6.04 Å². The topological polar surface area (TPSA) is 49.4 Å². The van der Waals surface area contributed by atoms with E-state index >= 15 is 0 Å². The number of nitrogens with zero attached hydrogens (tertiary/aromatic N) is 1. The van der Waals surface area contributed by atoms with Crippen LogP contribution in [0.3, 0.4) is 0 Å². The van der Waals surface area contributed by atoms with Gasteiger partial charge in [-0.05, 0) is 30.5 Å². The molecule has 0 saturated carbocycles. The Balaban J connectivity index is 2.92. The van der Waals surface area contributed by atoms with Crippen molar-refractivity contribution < 1.29 is 9.59 Å². The van der Waals surface area contributed by atoms with Gasteiger partial charge in [-0.15, -0.1) is 0 Å². The molecule has 0 bridgehead atoms. The summed E-state index contributed by atoms with van der Waals surface area (Å²) in [6, 6.07) is 6.95. The second kappa shape index (κ2) is 11.1. The third kappa shape index (κ3) is 6.52. The monoisotopic (exact) mass is 352 g/mol. The van der Waals surface area contributed by atoms with E-state index in [9.17, 15) is 9.59 Å². The Morgan fingerprint density at radius 2 is 1.79 bits per heavy atom. The van der Waals surface area contributed by atoms with E-state index in [1.807, 2.05) is 31.2 Å². The molecule has 0 fully saturated rings. The average Bonchev–Trinajstić information content (AvgIpc) is 2.59.